The normalized spacial score (nSPS) is 10.1. The molecule has 0 aliphatic heterocycles. The molecular weight excluding hydrogens is 226 g/mol. The van der Waals surface area contributed by atoms with Crippen LogP contribution in [0.5, 0.6) is 0 Å². The number of hydrogen-bond donors (Lipinski definition) is 1. The molecule has 1 amide bonds. The van der Waals surface area contributed by atoms with Gasteiger partial charge in [-0.3, -0.25) is 4.79 Å². The molecule has 0 saturated heterocycles. The molecule has 0 aliphatic carbocycles. The van der Waals surface area contributed by atoms with Crippen molar-refractivity contribution in [2.45, 2.75) is 6.54 Å². The fourth-order valence-corrected chi connectivity index (χ4v) is 1.75. The summed E-state index contributed by atoms with van der Waals surface area (Å²) < 4.78 is 0. The number of amides is 1. The van der Waals surface area contributed by atoms with Crippen molar-refractivity contribution in [3.05, 3.63) is 71.8 Å². The standard InChI is InChI=1S/C15H15NO2/c17-12-16(11-13-7-3-1-4-8-13)15(18)14-9-5-2-6-10-14/h1-10,17H,11-12H2. The van der Waals surface area contributed by atoms with Crippen molar-refractivity contribution in [2.75, 3.05) is 6.73 Å². The van der Waals surface area contributed by atoms with E-state index < -0.39 is 0 Å². The molecule has 3 nitrogen and oxygen atoms in total. The van der Waals surface area contributed by atoms with Crippen LogP contribution < -0.4 is 0 Å². The number of carbonyl (C=O) groups is 1. The molecular formula is C15H15NO2. The number of aliphatic hydroxyl groups is 1. The lowest BCUT2D eigenvalue weighted by Gasteiger charge is -2.20. The van der Waals surface area contributed by atoms with Crippen LogP contribution in [0.2, 0.25) is 0 Å². The lowest BCUT2D eigenvalue weighted by Crippen LogP contribution is -2.31. The van der Waals surface area contributed by atoms with Gasteiger partial charge in [0.15, 0.2) is 0 Å². The van der Waals surface area contributed by atoms with Gasteiger partial charge in [0.1, 0.15) is 6.73 Å². The van der Waals surface area contributed by atoms with Crippen LogP contribution in [0.1, 0.15) is 15.9 Å². The highest BCUT2D eigenvalue weighted by atomic mass is 16.3. The second kappa shape index (κ2) is 5.98. The SMILES string of the molecule is O=C(c1ccccc1)N(CO)Cc1ccccc1. The highest BCUT2D eigenvalue weighted by molar-refractivity contribution is 5.94. The number of nitrogens with zero attached hydrogens (tertiary/aromatic N) is 1. The third-order valence-electron chi connectivity index (χ3n) is 2.69. The lowest BCUT2D eigenvalue weighted by atomic mass is 10.1. The quantitative estimate of drug-likeness (QED) is 0.834. The van der Waals surface area contributed by atoms with Gasteiger partial charge < -0.3 is 10.0 Å². The molecule has 18 heavy (non-hydrogen) atoms. The van der Waals surface area contributed by atoms with E-state index in [4.69, 9.17) is 0 Å². The van der Waals surface area contributed by atoms with E-state index >= 15 is 0 Å². The molecule has 3 heteroatoms. The van der Waals surface area contributed by atoms with E-state index in [0.29, 0.717) is 12.1 Å². The van der Waals surface area contributed by atoms with E-state index in [9.17, 15) is 9.90 Å². The van der Waals surface area contributed by atoms with Gasteiger partial charge in [0.2, 0.25) is 0 Å². The second-order valence-electron chi connectivity index (χ2n) is 4.00. The third-order valence-corrected chi connectivity index (χ3v) is 2.69. The highest BCUT2D eigenvalue weighted by Crippen LogP contribution is 2.09. The topological polar surface area (TPSA) is 40.5 Å². The summed E-state index contributed by atoms with van der Waals surface area (Å²) in [5.74, 6) is -0.165. The van der Waals surface area contributed by atoms with E-state index in [1.165, 1.54) is 4.90 Å². The van der Waals surface area contributed by atoms with Gasteiger partial charge in [0, 0.05) is 12.1 Å². The predicted octanol–water partition coefficient (Wildman–Crippen LogP) is 2.28. The van der Waals surface area contributed by atoms with Crippen molar-refractivity contribution in [2.24, 2.45) is 0 Å². The van der Waals surface area contributed by atoms with E-state index in [1.807, 2.05) is 48.5 Å². The Labute approximate surface area is 106 Å². The minimum Gasteiger partial charge on any atom is -0.376 e. The fraction of sp³-hybridized carbons (Fsp3) is 0.133. The summed E-state index contributed by atoms with van der Waals surface area (Å²) in [6, 6.07) is 18.6. The Morgan fingerprint density at radius 1 is 0.944 bits per heavy atom. The number of benzene rings is 2. The van der Waals surface area contributed by atoms with Gasteiger partial charge in [0.05, 0.1) is 0 Å². The van der Waals surface area contributed by atoms with Gasteiger partial charge in [-0.1, -0.05) is 48.5 Å². The highest BCUT2D eigenvalue weighted by Gasteiger charge is 2.14. The molecule has 1 N–H and O–H groups in total. The molecule has 0 heterocycles. The first kappa shape index (κ1) is 12.3. The number of carbonyl (C=O) groups excluding carboxylic acids is 1. The molecule has 92 valence electrons. The van der Waals surface area contributed by atoms with Gasteiger partial charge >= 0.3 is 0 Å². The Bertz CT molecular complexity index is 496. The van der Waals surface area contributed by atoms with E-state index in [-0.39, 0.29) is 12.6 Å². The molecule has 0 unspecified atom stereocenters. The van der Waals surface area contributed by atoms with Crippen LogP contribution in [0, 0.1) is 0 Å². The molecule has 2 aromatic rings. The van der Waals surface area contributed by atoms with Crippen molar-refractivity contribution in [1.29, 1.82) is 0 Å². The largest absolute Gasteiger partial charge is 0.376 e. The summed E-state index contributed by atoms with van der Waals surface area (Å²) in [6.07, 6.45) is 0. The summed E-state index contributed by atoms with van der Waals surface area (Å²) in [6.45, 7) is 0.119. The maximum absolute atomic E-state index is 12.1. The number of rotatable bonds is 4. The molecule has 0 radical (unpaired) electrons. The van der Waals surface area contributed by atoms with Crippen molar-refractivity contribution < 1.29 is 9.90 Å². The lowest BCUT2D eigenvalue weighted by molar-refractivity contribution is 0.0531. The van der Waals surface area contributed by atoms with Crippen molar-refractivity contribution in [1.82, 2.24) is 4.90 Å². The summed E-state index contributed by atoms with van der Waals surface area (Å²) >= 11 is 0. The van der Waals surface area contributed by atoms with Gasteiger partial charge in [-0.25, -0.2) is 0 Å². The van der Waals surface area contributed by atoms with Gasteiger partial charge in [-0.05, 0) is 17.7 Å². The van der Waals surface area contributed by atoms with Gasteiger partial charge in [-0.2, -0.15) is 0 Å². The number of hydrogen-bond acceptors (Lipinski definition) is 2. The third kappa shape index (κ3) is 2.96. The average Bonchev–Trinajstić information content (AvgIpc) is 2.46. The second-order valence-corrected chi connectivity index (χ2v) is 4.00. The summed E-state index contributed by atoms with van der Waals surface area (Å²) in [5, 5.41) is 9.32. The minimum absolute atomic E-state index is 0.165. The molecule has 0 fully saturated rings. The monoisotopic (exact) mass is 241 g/mol. The van der Waals surface area contributed by atoms with Crippen molar-refractivity contribution >= 4 is 5.91 Å². The van der Waals surface area contributed by atoms with Crippen molar-refractivity contribution in [3.63, 3.8) is 0 Å². The van der Waals surface area contributed by atoms with Crippen LogP contribution in [0.4, 0.5) is 0 Å². The molecule has 0 atom stereocenters. The Morgan fingerprint density at radius 3 is 2.06 bits per heavy atom. The van der Waals surface area contributed by atoms with E-state index in [1.54, 1.807) is 12.1 Å². The average molecular weight is 241 g/mol. The zero-order chi connectivity index (χ0) is 12.8. The molecule has 0 bridgehead atoms. The fourth-order valence-electron chi connectivity index (χ4n) is 1.75. The van der Waals surface area contributed by atoms with Crippen LogP contribution in [-0.2, 0) is 6.54 Å². The van der Waals surface area contributed by atoms with E-state index in [2.05, 4.69) is 0 Å². The molecule has 0 saturated carbocycles. The maximum atomic E-state index is 12.1. The van der Waals surface area contributed by atoms with E-state index in [0.717, 1.165) is 5.56 Å². The minimum atomic E-state index is -0.289. The zero-order valence-electron chi connectivity index (χ0n) is 9.99. The van der Waals surface area contributed by atoms with Crippen LogP contribution in [-0.4, -0.2) is 22.6 Å². The summed E-state index contributed by atoms with van der Waals surface area (Å²) in [4.78, 5) is 13.6. The van der Waals surface area contributed by atoms with Crippen molar-refractivity contribution in [3.8, 4) is 0 Å². The Kier molecular flexibility index (Phi) is 4.10. The van der Waals surface area contributed by atoms with Crippen LogP contribution in [0.3, 0.4) is 0 Å². The molecule has 0 aromatic heterocycles. The first-order chi connectivity index (χ1) is 8.81. The predicted molar refractivity (Wildman–Crippen MR) is 69.8 cm³/mol. The van der Waals surface area contributed by atoms with Crippen LogP contribution in [0.15, 0.2) is 60.7 Å². The van der Waals surface area contributed by atoms with Gasteiger partial charge in [0.25, 0.3) is 5.91 Å². The maximum Gasteiger partial charge on any atom is 0.255 e. The Hall–Kier alpha value is -2.13. The first-order valence-corrected chi connectivity index (χ1v) is 5.80. The first-order valence-electron chi connectivity index (χ1n) is 5.80. The molecule has 2 rings (SSSR count). The zero-order valence-corrected chi connectivity index (χ0v) is 9.99. The Balaban J connectivity index is 2.12. The van der Waals surface area contributed by atoms with Gasteiger partial charge in [-0.15, -0.1) is 0 Å². The summed E-state index contributed by atoms with van der Waals surface area (Å²) in [5.41, 5.74) is 1.58. The summed E-state index contributed by atoms with van der Waals surface area (Å²) in [7, 11) is 0. The molecule has 2 aromatic carbocycles. The van der Waals surface area contributed by atoms with Crippen LogP contribution >= 0.6 is 0 Å². The molecule has 0 spiro atoms. The number of aliphatic hydroxyl groups excluding tert-OH is 1. The van der Waals surface area contributed by atoms with Crippen LogP contribution in [0.25, 0.3) is 0 Å². The Morgan fingerprint density at radius 2 is 1.50 bits per heavy atom. The smallest absolute Gasteiger partial charge is 0.255 e. The molecule has 0 aliphatic rings.